The minimum absolute atomic E-state index is 0.135. The Hall–Kier alpha value is -3.55. The van der Waals surface area contributed by atoms with E-state index in [0.29, 0.717) is 5.75 Å². The average Bonchev–Trinajstić information content (AvgIpc) is 3.01. The smallest absolute Gasteiger partial charge is 0.269 e. The molecule has 0 saturated carbocycles. The quantitative estimate of drug-likeness (QED) is 0.128. The van der Waals surface area contributed by atoms with Crippen LogP contribution in [0.15, 0.2) is 45.6 Å². The lowest BCUT2D eigenvalue weighted by atomic mass is 9.83. The summed E-state index contributed by atoms with van der Waals surface area (Å²) < 4.78 is 28.5. The summed E-state index contributed by atoms with van der Waals surface area (Å²) in [5.74, 6) is -4.98. The summed E-state index contributed by atoms with van der Waals surface area (Å²) in [6.45, 7) is -1.92. The largest absolute Gasteiger partial charge is 0.508 e. The molecule has 0 amide bonds. The van der Waals surface area contributed by atoms with Crippen LogP contribution < -0.4 is 14.9 Å². The highest BCUT2D eigenvalue weighted by atomic mass is 16.8. The average molecular weight is 625 g/mol. The SMILES string of the molecule is COc1ccc(-c2oc3cc(O)cc(O)c3c(=O)c2OC2(C3OC(CO)C(O)C(O)C3O)OC(CO)C(O)C(O)C2O)cc1. The van der Waals surface area contributed by atoms with E-state index in [2.05, 4.69) is 0 Å². The number of aromatic hydroxyl groups is 2. The number of aliphatic hydroxyl groups is 8. The van der Waals surface area contributed by atoms with Crippen LogP contribution in [0, 0.1) is 0 Å². The van der Waals surface area contributed by atoms with E-state index in [1.807, 2.05) is 0 Å². The third-order valence-corrected chi connectivity index (χ3v) is 7.80. The van der Waals surface area contributed by atoms with E-state index in [4.69, 9.17) is 23.4 Å². The molecule has 0 aliphatic carbocycles. The Balaban J connectivity index is 1.79. The van der Waals surface area contributed by atoms with Crippen LogP contribution >= 0.6 is 0 Å². The fraction of sp³-hybridized carbons (Fsp3) is 0.464. The number of phenolic OH excluding ortho intramolecular Hbond substituents is 2. The number of rotatable bonds is 7. The van der Waals surface area contributed by atoms with Gasteiger partial charge in [0.15, 0.2) is 18.0 Å². The molecule has 3 aromatic rings. The minimum atomic E-state index is -2.98. The summed E-state index contributed by atoms with van der Waals surface area (Å²) in [5.41, 5.74) is -1.28. The minimum Gasteiger partial charge on any atom is -0.508 e. The number of benzene rings is 2. The molecular formula is C28H32O16. The van der Waals surface area contributed by atoms with Gasteiger partial charge in [0, 0.05) is 17.7 Å². The maximum Gasteiger partial charge on any atom is 0.269 e. The molecule has 0 spiro atoms. The van der Waals surface area contributed by atoms with Crippen LogP contribution in [-0.4, -0.2) is 132 Å². The van der Waals surface area contributed by atoms with Crippen LogP contribution in [-0.2, 0) is 9.47 Å². The van der Waals surface area contributed by atoms with E-state index >= 15 is 0 Å². The van der Waals surface area contributed by atoms with Gasteiger partial charge in [0.05, 0.1) is 20.3 Å². The number of hydrogen-bond donors (Lipinski definition) is 10. The molecule has 2 aliphatic heterocycles. The Morgan fingerprint density at radius 2 is 1.48 bits per heavy atom. The number of phenols is 2. The highest BCUT2D eigenvalue weighted by Gasteiger charge is 2.65. The lowest BCUT2D eigenvalue weighted by Gasteiger charge is -2.54. The standard InChI is InChI=1S/C28H32O16/c1-40-12-4-2-10(3-5-12)24-25(20(35)17-13(32)6-11(31)7-14(17)41-24)44-28(26(39)22(37)19(34)16(9-30)43-28)27-23(38)21(36)18(33)15(8-29)42-27/h2-7,15-16,18-19,21-23,26-27,29-34,36-39H,8-9H2,1H3. The zero-order valence-corrected chi connectivity index (χ0v) is 23.0. The van der Waals surface area contributed by atoms with Crippen molar-refractivity contribution in [2.45, 2.75) is 60.7 Å². The molecule has 240 valence electrons. The van der Waals surface area contributed by atoms with E-state index in [1.54, 1.807) is 0 Å². The third kappa shape index (κ3) is 5.14. The number of fused-ring (bicyclic) bond motifs is 1. The van der Waals surface area contributed by atoms with E-state index in [-0.39, 0.29) is 11.1 Å². The summed E-state index contributed by atoms with van der Waals surface area (Å²) in [6, 6.07) is 7.74. The van der Waals surface area contributed by atoms with Gasteiger partial charge in [0.2, 0.25) is 11.2 Å². The summed E-state index contributed by atoms with van der Waals surface area (Å²) in [7, 11) is 1.41. The molecule has 3 heterocycles. The Kier molecular flexibility index (Phi) is 8.76. The van der Waals surface area contributed by atoms with Gasteiger partial charge in [-0.05, 0) is 24.3 Å². The number of hydrogen-bond acceptors (Lipinski definition) is 16. The summed E-state index contributed by atoms with van der Waals surface area (Å²) in [5, 5.41) is 104. The van der Waals surface area contributed by atoms with Crippen molar-refractivity contribution in [1.82, 2.24) is 0 Å². The first kappa shape index (κ1) is 31.9. The van der Waals surface area contributed by atoms with Crippen molar-refractivity contribution >= 4 is 11.0 Å². The predicted molar refractivity (Wildman–Crippen MR) is 145 cm³/mol. The van der Waals surface area contributed by atoms with Crippen LogP contribution in [0.25, 0.3) is 22.3 Å². The van der Waals surface area contributed by atoms with Gasteiger partial charge in [-0.25, -0.2) is 0 Å². The second-order valence-electron chi connectivity index (χ2n) is 10.5. The molecule has 10 atom stereocenters. The molecule has 0 bridgehead atoms. The first-order chi connectivity index (χ1) is 20.9. The van der Waals surface area contributed by atoms with Crippen molar-refractivity contribution in [1.29, 1.82) is 0 Å². The van der Waals surface area contributed by atoms with E-state index in [9.17, 15) is 55.9 Å². The van der Waals surface area contributed by atoms with Gasteiger partial charge in [0.1, 0.15) is 70.9 Å². The number of ether oxygens (including phenoxy) is 4. The zero-order chi connectivity index (χ0) is 32.1. The van der Waals surface area contributed by atoms with Gasteiger partial charge >= 0.3 is 0 Å². The third-order valence-electron chi connectivity index (χ3n) is 7.80. The Morgan fingerprint density at radius 1 is 0.841 bits per heavy atom. The lowest BCUT2D eigenvalue weighted by Crippen LogP contribution is -2.77. The molecule has 1 aromatic heterocycles. The summed E-state index contributed by atoms with van der Waals surface area (Å²) in [4.78, 5) is 14.0. The number of methoxy groups -OCH3 is 1. The molecule has 2 aliphatic rings. The monoisotopic (exact) mass is 624 g/mol. The van der Waals surface area contributed by atoms with Gasteiger partial charge in [-0.15, -0.1) is 0 Å². The molecular weight excluding hydrogens is 592 g/mol. The second-order valence-corrected chi connectivity index (χ2v) is 10.5. The molecule has 10 unspecified atom stereocenters. The Bertz CT molecular complexity index is 1540. The Morgan fingerprint density at radius 3 is 2.09 bits per heavy atom. The highest BCUT2D eigenvalue weighted by Crippen LogP contribution is 2.44. The van der Waals surface area contributed by atoms with E-state index in [0.717, 1.165) is 12.1 Å². The molecule has 2 aromatic carbocycles. The molecule has 44 heavy (non-hydrogen) atoms. The van der Waals surface area contributed by atoms with Crippen molar-refractivity contribution < 1.29 is 74.4 Å². The maximum absolute atomic E-state index is 14.0. The van der Waals surface area contributed by atoms with Crippen molar-refractivity contribution in [2.24, 2.45) is 0 Å². The number of aliphatic hydroxyl groups excluding tert-OH is 8. The van der Waals surface area contributed by atoms with Gasteiger partial charge < -0.3 is 74.4 Å². The molecule has 16 nitrogen and oxygen atoms in total. The first-order valence-electron chi connectivity index (χ1n) is 13.4. The Labute approximate surface area is 247 Å². The fourth-order valence-electron chi connectivity index (χ4n) is 5.43. The summed E-state index contributed by atoms with van der Waals surface area (Å²) >= 11 is 0. The maximum atomic E-state index is 14.0. The van der Waals surface area contributed by atoms with Crippen LogP contribution in [0.2, 0.25) is 0 Å². The van der Waals surface area contributed by atoms with E-state index in [1.165, 1.54) is 31.4 Å². The van der Waals surface area contributed by atoms with Crippen molar-refractivity contribution in [2.75, 3.05) is 20.3 Å². The fourth-order valence-corrected chi connectivity index (χ4v) is 5.43. The van der Waals surface area contributed by atoms with Crippen molar-refractivity contribution in [3.8, 4) is 34.3 Å². The van der Waals surface area contributed by atoms with Gasteiger partial charge in [-0.1, -0.05) is 0 Å². The topological polar surface area (TPSA) is 269 Å². The van der Waals surface area contributed by atoms with Gasteiger partial charge in [0.25, 0.3) is 5.79 Å². The van der Waals surface area contributed by atoms with Gasteiger partial charge in [-0.2, -0.15) is 0 Å². The summed E-state index contributed by atoms with van der Waals surface area (Å²) in [6.07, 6.45) is -18.1. The molecule has 0 radical (unpaired) electrons. The molecule has 2 fully saturated rings. The van der Waals surface area contributed by atoms with Crippen LogP contribution in [0.5, 0.6) is 23.0 Å². The van der Waals surface area contributed by atoms with Crippen molar-refractivity contribution in [3.63, 3.8) is 0 Å². The van der Waals surface area contributed by atoms with Gasteiger partial charge in [-0.3, -0.25) is 4.79 Å². The van der Waals surface area contributed by atoms with Crippen LogP contribution in [0.1, 0.15) is 0 Å². The highest BCUT2D eigenvalue weighted by molar-refractivity contribution is 5.88. The molecule has 2 saturated heterocycles. The molecule has 16 heteroatoms. The van der Waals surface area contributed by atoms with Crippen molar-refractivity contribution in [3.05, 3.63) is 46.6 Å². The first-order valence-corrected chi connectivity index (χ1v) is 13.4. The zero-order valence-electron chi connectivity index (χ0n) is 23.0. The molecule has 5 rings (SSSR count). The van der Waals surface area contributed by atoms with Crippen LogP contribution in [0.4, 0.5) is 0 Å². The van der Waals surface area contributed by atoms with E-state index < -0.39 is 108 Å². The molecule has 10 N–H and O–H groups in total. The lowest BCUT2D eigenvalue weighted by molar-refractivity contribution is -0.396. The normalized spacial score (nSPS) is 34.2. The second kappa shape index (κ2) is 12.1. The van der Waals surface area contributed by atoms with Crippen LogP contribution in [0.3, 0.4) is 0 Å². The predicted octanol–water partition coefficient (Wildman–Crippen LogP) is -2.73.